The topological polar surface area (TPSA) is 83.8 Å². The number of aliphatic hydroxyl groups is 1. The zero-order chi connectivity index (χ0) is 19.3. The molecule has 3 aromatic rings. The Morgan fingerprint density at radius 2 is 1.93 bits per heavy atom. The van der Waals surface area contributed by atoms with Crippen LogP contribution in [-0.2, 0) is 12.0 Å². The van der Waals surface area contributed by atoms with Gasteiger partial charge in [-0.05, 0) is 42.2 Å². The zero-order valence-electron chi connectivity index (χ0n) is 16.3. The quantitative estimate of drug-likeness (QED) is 0.743. The monoisotopic (exact) mass is 366 g/mol. The molecule has 6 nitrogen and oxygen atoms in total. The van der Waals surface area contributed by atoms with Crippen molar-refractivity contribution >= 4 is 11.0 Å². The molecular formula is C21H26N4O2. The van der Waals surface area contributed by atoms with Crippen molar-refractivity contribution in [1.82, 2.24) is 19.7 Å². The van der Waals surface area contributed by atoms with Crippen molar-refractivity contribution < 1.29 is 5.11 Å². The van der Waals surface area contributed by atoms with Crippen LogP contribution < -0.4 is 5.56 Å². The Kier molecular flexibility index (Phi) is 4.18. The molecule has 1 aliphatic carbocycles. The van der Waals surface area contributed by atoms with Gasteiger partial charge in [0.1, 0.15) is 16.9 Å². The van der Waals surface area contributed by atoms with Gasteiger partial charge in [-0.1, -0.05) is 45.0 Å². The second kappa shape index (κ2) is 6.30. The normalized spacial score (nSPS) is 16.0. The smallest absolute Gasteiger partial charge is 0.262 e. The maximum absolute atomic E-state index is 12.4. The van der Waals surface area contributed by atoms with Gasteiger partial charge >= 0.3 is 0 Å². The molecule has 1 saturated carbocycles. The summed E-state index contributed by atoms with van der Waals surface area (Å²) in [6.07, 6.45) is 2.26. The molecule has 0 bridgehead atoms. The van der Waals surface area contributed by atoms with Gasteiger partial charge in [-0.15, -0.1) is 0 Å². The predicted molar refractivity (Wildman–Crippen MR) is 105 cm³/mol. The molecule has 6 heteroatoms. The number of hydrogen-bond acceptors (Lipinski definition) is 4. The molecule has 2 aromatic heterocycles. The van der Waals surface area contributed by atoms with E-state index in [0.717, 1.165) is 12.8 Å². The van der Waals surface area contributed by atoms with Crippen molar-refractivity contribution in [2.75, 3.05) is 0 Å². The summed E-state index contributed by atoms with van der Waals surface area (Å²) in [5, 5.41) is 14.7. The molecule has 2 heterocycles. The molecule has 142 valence electrons. The van der Waals surface area contributed by atoms with Gasteiger partial charge < -0.3 is 10.1 Å². The largest absolute Gasteiger partial charge is 0.390 e. The van der Waals surface area contributed by atoms with E-state index in [1.165, 1.54) is 11.1 Å². The van der Waals surface area contributed by atoms with E-state index in [1.54, 1.807) is 6.92 Å². The predicted octanol–water partition coefficient (Wildman–Crippen LogP) is 3.22. The summed E-state index contributed by atoms with van der Waals surface area (Å²) in [6.45, 7) is 8.09. The van der Waals surface area contributed by atoms with E-state index in [2.05, 4.69) is 60.1 Å². The maximum atomic E-state index is 12.4. The van der Waals surface area contributed by atoms with Gasteiger partial charge in [-0.3, -0.25) is 4.79 Å². The number of aliphatic hydroxyl groups excluding tert-OH is 1. The van der Waals surface area contributed by atoms with Crippen LogP contribution >= 0.6 is 0 Å². The van der Waals surface area contributed by atoms with E-state index in [1.807, 2.05) is 4.68 Å². The number of nitrogens with one attached hydrogen (secondary N) is 1. The molecule has 1 atom stereocenters. The molecule has 0 spiro atoms. The van der Waals surface area contributed by atoms with Gasteiger partial charge in [0.15, 0.2) is 5.65 Å². The summed E-state index contributed by atoms with van der Waals surface area (Å²) in [4.78, 5) is 19.7. The number of benzene rings is 1. The minimum atomic E-state index is -0.280. The van der Waals surface area contributed by atoms with E-state index in [9.17, 15) is 9.90 Å². The number of H-pyrrole nitrogens is 1. The fraction of sp³-hybridized carbons (Fsp3) is 0.476. The standard InChI is InChI=1S/C21H26N4O2/c1-12-22-19-17(20(27)23-12)16(11-26)24-25(19)18(13-5-6-13)14-7-9-15(10-8-14)21(2,3)4/h7-10,13,18,26H,5-6,11H2,1-4H3,(H,22,23,27)/t18-/m0/s1. The Hall–Kier alpha value is -2.47. The Morgan fingerprint density at radius 1 is 1.26 bits per heavy atom. The van der Waals surface area contributed by atoms with Crippen LogP contribution in [0.25, 0.3) is 11.0 Å². The third-order valence-electron chi connectivity index (χ3n) is 5.35. The summed E-state index contributed by atoms with van der Waals surface area (Å²) >= 11 is 0. The lowest BCUT2D eigenvalue weighted by atomic mass is 9.86. The van der Waals surface area contributed by atoms with Crippen LogP contribution in [0.15, 0.2) is 29.1 Å². The number of nitrogens with zero attached hydrogens (tertiary/aromatic N) is 3. The summed E-state index contributed by atoms with van der Waals surface area (Å²) in [5.74, 6) is 1.03. The zero-order valence-corrected chi connectivity index (χ0v) is 16.3. The minimum Gasteiger partial charge on any atom is -0.390 e. The average molecular weight is 366 g/mol. The molecule has 0 saturated heterocycles. The van der Waals surface area contributed by atoms with E-state index in [0.29, 0.717) is 28.5 Å². The minimum absolute atomic E-state index is 0.0236. The van der Waals surface area contributed by atoms with Crippen molar-refractivity contribution in [2.24, 2.45) is 5.92 Å². The highest BCUT2D eigenvalue weighted by Gasteiger charge is 2.36. The van der Waals surface area contributed by atoms with Crippen LogP contribution in [0.5, 0.6) is 0 Å². The second-order valence-electron chi connectivity index (χ2n) is 8.55. The maximum Gasteiger partial charge on any atom is 0.262 e. The summed E-state index contributed by atoms with van der Waals surface area (Å²) in [5.41, 5.74) is 3.24. The molecule has 2 N–H and O–H groups in total. The third kappa shape index (κ3) is 3.18. The highest BCUT2D eigenvalue weighted by molar-refractivity contribution is 5.77. The number of rotatable bonds is 4. The number of aromatic amines is 1. The second-order valence-corrected chi connectivity index (χ2v) is 8.55. The van der Waals surface area contributed by atoms with Gasteiger partial charge in [-0.2, -0.15) is 5.10 Å². The van der Waals surface area contributed by atoms with Crippen LogP contribution in [0.4, 0.5) is 0 Å². The molecule has 0 aliphatic heterocycles. The van der Waals surface area contributed by atoms with E-state index >= 15 is 0 Å². The van der Waals surface area contributed by atoms with E-state index in [4.69, 9.17) is 0 Å². The first-order chi connectivity index (χ1) is 12.8. The fourth-order valence-electron chi connectivity index (χ4n) is 3.73. The Balaban J connectivity index is 1.88. The van der Waals surface area contributed by atoms with Crippen LogP contribution in [0.3, 0.4) is 0 Å². The van der Waals surface area contributed by atoms with Gasteiger partial charge in [0.2, 0.25) is 0 Å². The number of hydrogen-bond donors (Lipinski definition) is 2. The number of fused-ring (bicyclic) bond motifs is 1. The lowest BCUT2D eigenvalue weighted by Crippen LogP contribution is -2.17. The van der Waals surface area contributed by atoms with Crippen molar-refractivity contribution in [1.29, 1.82) is 0 Å². The van der Waals surface area contributed by atoms with Crippen molar-refractivity contribution in [2.45, 2.75) is 58.6 Å². The lowest BCUT2D eigenvalue weighted by molar-refractivity contribution is 0.275. The molecule has 1 aliphatic rings. The lowest BCUT2D eigenvalue weighted by Gasteiger charge is -2.22. The van der Waals surface area contributed by atoms with Gasteiger partial charge in [0.05, 0.1) is 12.6 Å². The van der Waals surface area contributed by atoms with Gasteiger partial charge in [0.25, 0.3) is 5.56 Å². The van der Waals surface area contributed by atoms with Gasteiger partial charge in [-0.25, -0.2) is 9.67 Å². The third-order valence-corrected chi connectivity index (χ3v) is 5.35. The first-order valence-electron chi connectivity index (χ1n) is 9.49. The molecule has 1 fully saturated rings. The summed E-state index contributed by atoms with van der Waals surface area (Å²) in [7, 11) is 0. The van der Waals surface area contributed by atoms with Crippen LogP contribution in [-0.4, -0.2) is 24.9 Å². The molecule has 0 unspecified atom stereocenters. The average Bonchev–Trinajstić information content (AvgIpc) is 3.36. The number of aromatic nitrogens is 4. The van der Waals surface area contributed by atoms with Crippen LogP contribution in [0.1, 0.15) is 62.3 Å². The van der Waals surface area contributed by atoms with E-state index < -0.39 is 0 Å². The fourth-order valence-corrected chi connectivity index (χ4v) is 3.73. The van der Waals surface area contributed by atoms with Crippen molar-refractivity contribution in [3.63, 3.8) is 0 Å². The molecule has 0 radical (unpaired) electrons. The Labute approximate surface area is 158 Å². The molecule has 4 rings (SSSR count). The highest BCUT2D eigenvalue weighted by Crippen LogP contribution is 2.44. The number of aryl methyl sites for hydroxylation is 1. The van der Waals surface area contributed by atoms with Crippen molar-refractivity contribution in [3.8, 4) is 0 Å². The first-order valence-corrected chi connectivity index (χ1v) is 9.49. The molecular weight excluding hydrogens is 340 g/mol. The van der Waals surface area contributed by atoms with Crippen molar-refractivity contribution in [3.05, 3.63) is 57.3 Å². The van der Waals surface area contributed by atoms with Gasteiger partial charge in [0, 0.05) is 0 Å². The summed E-state index contributed by atoms with van der Waals surface area (Å²) < 4.78 is 1.85. The SMILES string of the molecule is Cc1nc2c(c(CO)nn2[C@H](c2ccc(C(C)(C)C)cc2)C2CC2)c(=O)[nH]1. The van der Waals surface area contributed by atoms with Crippen LogP contribution in [0.2, 0.25) is 0 Å². The molecule has 1 aromatic carbocycles. The van der Waals surface area contributed by atoms with E-state index in [-0.39, 0.29) is 23.6 Å². The molecule has 27 heavy (non-hydrogen) atoms. The molecule has 0 amide bonds. The Morgan fingerprint density at radius 3 is 2.48 bits per heavy atom. The highest BCUT2D eigenvalue weighted by atomic mass is 16.3. The van der Waals surface area contributed by atoms with Crippen LogP contribution in [0, 0.1) is 12.8 Å². The first kappa shape index (κ1) is 17.9. The summed E-state index contributed by atoms with van der Waals surface area (Å²) in [6, 6.07) is 8.70. The Bertz CT molecular complexity index is 1040.